The summed E-state index contributed by atoms with van der Waals surface area (Å²) in [6.45, 7) is 7.91. The number of carbonyl (C=O) groups is 1. The number of halogens is 1. The van der Waals surface area contributed by atoms with Gasteiger partial charge in [-0.3, -0.25) is 4.79 Å². The highest BCUT2D eigenvalue weighted by Crippen LogP contribution is 2.30. The molecule has 0 unspecified atom stereocenters. The van der Waals surface area contributed by atoms with Crippen molar-refractivity contribution in [1.29, 1.82) is 0 Å². The summed E-state index contributed by atoms with van der Waals surface area (Å²) in [5.41, 5.74) is 2.68. The molecule has 1 atom stereocenters. The third kappa shape index (κ3) is 4.89. The van der Waals surface area contributed by atoms with Crippen LogP contribution in [-0.2, 0) is 4.79 Å². The number of anilines is 1. The zero-order valence-corrected chi connectivity index (χ0v) is 16.0. The smallest absolute Gasteiger partial charge is 0.265 e. The summed E-state index contributed by atoms with van der Waals surface area (Å²) in [5.74, 6) is 1.31. The lowest BCUT2D eigenvalue weighted by molar-refractivity contribution is -0.122. The predicted octanol–water partition coefficient (Wildman–Crippen LogP) is 5.19. The topological polar surface area (TPSA) is 47.6 Å². The molecule has 0 saturated heterocycles. The normalized spacial score (nSPS) is 12.0. The molecular formula is C20H24ClNO3. The highest BCUT2D eigenvalue weighted by Gasteiger charge is 2.19. The van der Waals surface area contributed by atoms with Gasteiger partial charge in [0.05, 0.1) is 12.8 Å². The van der Waals surface area contributed by atoms with E-state index in [0.717, 1.165) is 16.9 Å². The molecule has 1 N–H and O–H groups in total. The van der Waals surface area contributed by atoms with Crippen molar-refractivity contribution in [3.05, 3.63) is 52.5 Å². The van der Waals surface area contributed by atoms with E-state index in [-0.39, 0.29) is 5.91 Å². The van der Waals surface area contributed by atoms with Crippen LogP contribution in [0.3, 0.4) is 0 Å². The number of hydrogen-bond acceptors (Lipinski definition) is 3. The van der Waals surface area contributed by atoms with E-state index in [1.54, 1.807) is 32.2 Å². The Bertz CT molecular complexity index is 759. The summed E-state index contributed by atoms with van der Waals surface area (Å²) in [5, 5.41) is 3.33. The standard InChI is InChI=1S/C20H24ClNO3/c1-12(2)16-8-6-13(3)10-19(16)25-14(4)20(23)22-17-11-15(21)7-9-18(17)24-5/h6-12,14H,1-5H3,(H,22,23)/t14-/m1/s1. The highest BCUT2D eigenvalue weighted by molar-refractivity contribution is 6.31. The van der Waals surface area contributed by atoms with Crippen molar-refractivity contribution in [1.82, 2.24) is 0 Å². The Hall–Kier alpha value is -2.20. The zero-order chi connectivity index (χ0) is 18.6. The Kier molecular flexibility index (Phi) is 6.32. The summed E-state index contributed by atoms with van der Waals surface area (Å²) in [4.78, 5) is 12.5. The molecule has 0 aliphatic heterocycles. The number of methoxy groups -OCH3 is 1. The van der Waals surface area contributed by atoms with Gasteiger partial charge in [-0.2, -0.15) is 0 Å². The molecule has 2 aromatic rings. The predicted molar refractivity (Wildman–Crippen MR) is 102 cm³/mol. The fraction of sp³-hybridized carbons (Fsp3) is 0.350. The van der Waals surface area contributed by atoms with Gasteiger partial charge in [-0.1, -0.05) is 37.6 Å². The first-order valence-corrected chi connectivity index (χ1v) is 8.61. The van der Waals surface area contributed by atoms with E-state index in [0.29, 0.717) is 22.4 Å². The Morgan fingerprint density at radius 3 is 2.44 bits per heavy atom. The van der Waals surface area contributed by atoms with Crippen LogP contribution in [0.15, 0.2) is 36.4 Å². The first-order valence-electron chi connectivity index (χ1n) is 8.23. The monoisotopic (exact) mass is 361 g/mol. The van der Waals surface area contributed by atoms with Crippen LogP contribution in [0.4, 0.5) is 5.69 Å². The molecule has 0 aliphatic carbocycles. The van der Waals surface area contributed by atoms with E-state index in [1.807, 2.05) is 25.1 Å². The first kappa shape index (κ1) is 19.1. The van der Waals surface area contributed by atoms with Gasteiger partial charge in [0, 0.05) is 5.02 Å². The van der Waals surface area contributed by atoms with E-state index in [1.165, 1.54) is 0 Å². The van der Waals surface area contributed by atoms with E-state index in [2.05, 4.69) is 19.2 Å². The van der Waals surface area contributed by atoms with Crippen LogP contribution in [0.1, 0.15) is 37.8 Å². The molecule has 0 radical (unpaired) electrons. The van der Waals surface area contributed by atoms with Crippen LogP contribution in [0.25, 0.3) is 0 Å². The minimum absolute atomic E-state index is 0.267. The Balaban J connectivity index is 2.16. The quantitative estimate of drug-likeness (QED) is 0.770. The van der Waals surface area contributed by atoms with Gasteiger partial charge in [-0.15, -0.1) is 0 Å². The van der Waals surface area contributed by atoms with Crippen LogP contribution in [-0.4, -0.2) is 19.1 Å². The van der Waals surface area contributed by atoms with Gasteiger partial charge < -0.3 is 14.8 Å². The second-order valence-corrected chi connectivity index (χ2v) is 6.73. The van der Waals surface area contributed by atoms with E-state index in [9.17, 15) is 4.79 Å². The summed E-state index contributed by atoms with van der Waals surface area (Å²) in [6, 6.07) is 11.1. The third-order valence-corrected chi connectivity index (χ3v) is 4.12. The second kappa shape index (κ2) is 8.26. The third-order valence-electron chi connectivity index (χ3n) is 3.88. The van der Waals surface area contributed by atoms with Gasteiger partial charge in [-0.25, -0.2) is 0 Å². The van der Waals surface area contributed by atoms with Crippen molar-refractivity contribution < 1.29 is 14.3 Å². The van der Waals surface area contributed by atoms with Gasteiger partial charge in [-0.05, 0) is 55.2 Å². The van der Waals surface area contributed by atoms with Gasteiger partial charge in [0.25, 0.3) is 5.91 Å². The minimum atomic E-state index is -0.664. The van der Waals surface area contributed by atoms with Crippen LogP contribution in [0.2, 0.25) is 5.02 Å². The van der Waals surface area contributed by atoms with Crippen LogP contribution in [0.5, 0.6) is 11.5 Å². The molecule has 0 bridgehead atoms. The van der Waals surface area contributed by atoms with Crippen LogP contribution in [0, 0.1) is 6.92 Å². The minimum Gasteiger partial charge on any atom is -0.495 e. The Labute approximate surface area is 154 Å². The lowest BCUT2D eigenvalue weighted by Crippen LogP contribution is -2.30. The highest BCUT2D eigenvalue weighted by atomic mass is 35.5. The molecule has 134 valence electrons. The summed E-state index contributed by atoms with van der Waals surface area (Å²) >= 11 is 6.00. The largest absolute Gasteiger partial charge is 0.495 e. The lowest BCUT2D eigenvalue weighted by Gasteiger charge is -2.20. The fourth-order valence-corrected chi connectivity index (χ4v) is 2.65. The van der Waals surface area contributed by atoms with Crippen molar-refractivity contribution in [2.45, 2.75) is 39.7 Å². The van der Waals surface area contributed by atoms with Crippen molar-refractivity contribution in [3.8, 4) is 11.5 Å². The molecule has 5 heteroatoms. The number of carbonyl (C=O) groups excluding carboxylic acids is 1. The summed E-state index contributed by atoms with van der Waals surface area (Å²) < 4.78 is 11.2. The molecular weight excluding hydrogens is 338 g/mol. The van der Waals surface area contributed by atoms with Crippen molar-refractivity contribution >= 4 is 23.2 Å². The number of ether oxygens (including phenoxy) is 2. The van der Waals surface area contributed by atoms with Gasteiger partial charge >= 0.3 is 0 Å². The zero-order valence-electron chi connectivity index (χ0n) is 15.2. The Morgan fingerprint density at radius 2 is 1.80 bits per heavy atom. The molecule has 0 aromatic heterocycles. The van der Waals surface area contributed by atoms with Gasteiger partial charge in [0.2, 0.25) is 0 Å². The van der Waals surface area contributed by atoms with E-state index < -0.39 is 6.10 Å². The van der Waals surface area contributed by atoms with E-state index in [4.69, 9.17) is 21.1 Å². The van der Waals surface area contributed by atoms with Crippen molar-refractivity contribution in [3.63, 3.8) is 0 Å². The molecule has 0 aliphatic rings. The van der Waals surface area contributed by atoms with Gasteiger partial charge in [0.15, 0.2) is 6.10 Å². The molecule has 0 fully saturated rings. The van der Waals surface area contributed by atoms with Crippen molar-refractivity contribution in [2.24, 2.45) is 0 Å². The fourth-order valence-electron chi connectivity index (χ4n) is 2.48. The molecule has 2 aromatic carbocycles. The number of rotatable bonds is 6. The maximum atomic E-state index is 12.5. The number of aryl methyl sites for hydroxylation is 1. The lowest BCUT2D eigenvalue weighted by atomic mass is 10.0. The Morgan fingerprint density at radius 1 is 1.08 bits per heavy atom. The summed E-state index contributed by atoms with van der Waals surface area (Å²) in [6.07, 6.45) is -0.664. The molecule has 0 heterocycles. The number of amides is 1. The SMILES string of the molecule is COc1ccc(Cl)cc1NC(=O)[C@@H](C)Oc1cc(C)ccc1C(C)C. The van der Waals surface area contributed by atoms with Crippen LogP contribution >= 0.6 is 11.6 Å². The molecule has 0 spiro atoms. The molecule has 0 saturated carbocycles. The number of benzene rings is 2. The molecule has 4 nitrogen and oxygen atoms in total. The number of hydrogen-bond donors (Lipinski definition) is 1. The average Bonchev–Trinajstić information content (AvgIpc) is 2.54. The molecule has 2 rings (SSSR count). The van der Waals surface area contributed by atoms with Crippen molar-refractivity contribution in [2.75, 3.05) is 12.4 Å². The second-order valence-electron chi connectivity index (χ2n) is 6.29. The summed E-state index contributed by atoms with van der Waals surface area (Å²) in [7, 11) is 1.54. The average molecular weight is 362 g/mol. The maximum absolute atomic E-state index is 12.5. The molecule has 1 amide bonds. The first-order chi connectivity index (χ1) is 11.8. The maximum Gasteiger partial charge on any atom is 0.265 e. The number of nitrogens with one attached hydrogen (secondary N) is 1. The van der Waals surface area contributed by atoms with E-state index >= 15 is 0 Å². The van der Waals surface area contributed by atoms with Gasteiger partial charge in [0.1, 0.15) is 11.5 Å². The molecule has 25 heavy (non-hydrogen) atoms. The van der Waals surface area contributed by atoms with Crippen LogP contribution < -0.4 is 14.8 Å².